The van der Waals surface area contributed by atoms with Crippen molar-refractivity contribution in [1.82, 2.24) is 9.80 Å². The van der Waals surface area contributed by atoms with Crippen molar-refractivity contribution in [3.63, 3.8) is 0 Å². The number of aryl methyl sites for hydroxylation is 1. The topological polar surface area (TPSA) is 23.6 Å². The minimum atomic E-state index is -0.419. The molecule has 0 aromatic heterocycles. The molecule has 0 aliphatic carbocycles. The van der Waals surface area contributed by atoms with Gasteiger partial charge in [-0.1, -0.05) is 6.07 Å². The number of hydrogen-bond donors (Lipinski definition) is 0. The van der Waals surface area contributed by atoms with Crippen LogP contribution in [0.1, 0.15) is 28.8 Å². The maximum Gasteiger partial charge on any atom is 0.256 e. The van der Waals surface area contributed by atoms with E-state index in [1.807, 2.05) is 21.0 Å². The van der Waals surface area contributed by atoms with Gasteiger partial charge in [0.1, 0.15) is 5.82 Å². The van der Waals surface area contributed by atoms with Crippen molar-refractivity contribution in [2.45, 2.75) is 25.8 Å². The van der Waals surface area contributed by atoms with Crippen molar-refractivity contribution in [2.24, 2.45) is 0 Å². The molecule has 19 heavy (non-hydrogen) atoms. The summed E-state index contributed by atoms with van der Waals surface area (Å²) < 4.78 is 13.9. The number of likely N-dealkylation sites (N-methyl/N-ethyl adjacent to an activating group) is 1. The van der Waals surface area contributed by atoms with E-state index >= 15 is 0 Å². The zero-order valence-corrected chi connectivity index (χ0v) is 11.8. The summed E-state index contributed by atoms with van der Waals surface area (Å²) in [4.78, 5) is 16.3. The second-order valence-electron chi connectivity index (χ2n) is 5.49. The van der Waals surface area contributed by atoms with Crippen molar-refractivity contribution in [2.75, 3.05) is 27.2 Å². The van der Waals surface area contributed by atoms with Gasteiger partial charge in [0.15, 0.2) is 0 Å². The third-order valence-corrected chi connectivity index (χ3v) is 3.77. The molecule has 3 nitrogen and oxygen atoms in total. The van der Waals surface area contributed by atoms with Gasteiger partial charge in [0, 0.05) is 19.1 Å². The highest BCUT2D eigenvalue weighted by Gasteiger charge is 2.26. The van der Waals surface area contributed by atoms with E-state index in [9.17, 15) is 9.18 Å². The Morgan fingerprint density at radius 1 is 1.42 bits per heavy atom. The molecule has 0 spiro atoms. The molecule has 0 saturated carbocycles. The Balaban J connectivity index is 2.15. The van der Waals surface area contributed by atoms with Gasteiger partial charge in [-0.3, -0.25) is 4.79 Å². The fourth-order valence-corrected chi connectivity index (χ4v) is 2.52. The Hall–Kier alpha value is -1.42. The van der Waals surface area contributed by atoms with Gasteiger partial charge >= 0.3 is 0 Å². The highest BCUT2D eigenvalue weighted by molar-refractivity contribution is 5.94. The van der Waals surface area contributed by atoms with Gasteiger partial charge in [-0.15, -0.1) is 0 Å². The Kier molecular flexibility index (Phi) is 4.20. The average Bonchev–Trinajstić information content (AvgIpc) is 2.38. The first kappa shape index (κ1) is 14.0. The van der Waals surface area contributed by atoms with Crippen molar-refractivity contribution >= 4 is 5.91 Å². The molecule has 2 rings (SSSR count). The molecule has 1 heterocycles. The average molecular weight is 264 g/mol. The van der Waals surface area contributed by atoms with Crippen LogP contribution < -0.4 is 0 Å². The molecule has 104 valence electrons. The first-order valence-electron chi connectivity index (χ1n) is 6.71. The van der Waals surface area contributed by atoms with Gasteiger partial charge in [-0.2, -0.15) is 0 Å². The summed E-state index contributed by atoms with van der Waals surface area (Å²) in [6.45, 7) is 3.22. The molecule has 1 amide bonds. The van der Waals surface area contributed by atoms with E-state index in [0.29, 0.717) is 12.6 Å². The number of halogens is 1. The fraction of sp³-hybridized carbons (Fsp3) is 0.533. The summed E-state index contributed by atoms with van der Waals surface area (Å²) in [7, 11) is 4.04. The number of hydrogen-bond acceptors (Lipinski definition) is 2. The van der Waals surface area contributed by atoms with Crippen molar-refractivity contribution in [1.29, 1.82) is 0 Å². The van der Waals surface area contributed by atoms with Crippen LogP contribution in [0.2, 0.25) is 0 Å². The lowest BCUT2D eigenvalue weighted by Crippen LogP contribution is -2.47. The van der Waals surface area contributed by atoms with Gasteiger partial charge < -0.3 is 9.80 Å². The summed E-state index contributed by atoms with van der Waals surface area (Å²) in [6, 6.07) is 5.16. The second kappa shape index (κ2) is 5.70. The SMILES string of the molecule is Cc1ccc(C(=O)N2CCCC(N(C)C)C2)c(F)c1. The molecular formula is C15H21FN2O. The van der Waals surface area contributed by atoms with Gasteiger partial charge in [0.25, 0.3) is 5.91 Å². The standard InChI is InChI=1S/C15H21FN2O/c1-11-6-7-13(14(16)9-11)15(19)18-8-4-5-12(10-18)17(2)3/h6-7,9,12H,4-5,8,10H2,1-3H3. The lowest BCUT2D eigenvalue weighted by molar-refractivity contribution is 0.0630. The van der Waals surface area contributed by atoms with Gasteiger partial charge in [0.05, 0.1) is 5.56 Å². The summed E-state index contributed by atoms with van der Waals surface area (Å²) in [6.07, 6.45) is 2.06. The monoisotopic (exact) mass is 264 g/mol. The molecule has 1 atom stereocenters. The summed E-state index contributed by atoms with van der Waals surface area (Å²) in [5.74, 6) is -0.610. The van der Waals surface area contributed by atoms with Gasteiger partial charge in [-0.25, -0.2) is 4.39 Å². The zero-order valence-electron chi connectivity index (χ0n) is 11.8. The van der Waals surface area contributed by atoms with Crippen LogP contribution in [0, 0.1) is 12.7 Å². The predicted octanol–water partition coefficient (Wildman–Crippen LogP) is 2.30. The number of carbonyl (C=O) groups excluding carboxylic acids is 1. The number of benzene rings is 1. The van der Waals surface area contributed by atoms with Crippen LogP contribution in [-0.2, 0) is 0 Å². The van der Waals surface area contributed by atoms with E-state index < -0.39 is 5.82 Å². The number of nitrogens with zero attached hydrogens (tertiary/aromatic N) is 2. The highest BCUT2D eigenvalue weighted by Crippen LogP contribution is 2.18. The largest absolute Gasteiger partial charge is 0.337 e. The lowest BCUT2D eigenvalue weighted by atomic mass is 10.0. The fourth-order valence-electron chi connectivity index (χ4n) is 2.52. The van der Waals surface area contributed by atoms with E-state index in [2.05, 4.69) is 4.90 Å². The van der Waals surface area contributed by atoms with Crippen LogP contribution >= 0.6 is 0 Å². The molecule has 0 bridgehead atoms. The smallest absolute Gasteiger partial charge is 0.256 e. The van der Waals surface area contributed by atoms with Crippen LogP contribution in [0.15, 0.2) is 18.2 Å². The Morgan fingerprint density at radius 2 is 2.16 bits per heavy atom. The van der Waals surface area contributed by atoms with Crippen LogP contribution in [0.25, 0.3) is 0 Å². The van der Waals surface area contributed by atoms with Crippen LogP contribution in [0.4, 0.5) is 4.39 Å². The molecule has 1 aliphatic heterocycles. The molecule has 1 fully saturated rings. The van der Waals surface area contributed by atoms with E-state index in [1.54, 1.807) is 17.0 Å². The molecule has 1 saturated heterocycles. The summed E-state index contributed by atoms with van der Waals surface area (Å²) in [5, 5.41) is 0. The summed E-state index contributed by atoms with van der Waals surface area (Å²) in [5.41, 5.74) is 1.02. The van der Waals surface area contributed by atoms with E-state index in [0.717, 1.165) is 24.9 Å². The maximum absolute atomic E-state index is 13.9. The van der Waals surface area contributed by atoms with E-state index in [4.69, 9.17) is 0 Å². The van der Waals surface area contributed by atoms with Crippen LogP contribution in [0.5, 0.6) is 0 Å². The summed E-state index contributed by atoms with van der Waals surface area (Å²) >= 11 is 0. The molecule has 1 aliphatic rings. The van der Waals surface area contributed by atoms with Gasteiger partial charge in [-0.05, 0) is 51.6 Å². The third-order valence-electron chi connectivity index (χ3n) is 3.77. The maximum atomic E-state index is 13.9. The number of likely N-dealkylation sites (tertiary alicyclic amines) is 1. The van der Waals surface area contributed by atoms with Crippen LogP contribution in [-0.4, -0.2) is 48.9 Å². The minimum absolute atomic E-state index is 0.185. The Morgan fingerprint density at radius 3 is 2.79 bits per heavy atom. The quantitative estimate of drug-likeness (QED) is 0.818. The van der Waals surface area contributed by atoms with E-state index in [1.165, 1.54) is 6.07 Å². The van der Waals surface area contributed by atoms with Crippen molar-refractivity contribution in [3.05, 3.63) is 35.1 Å². The molecular weight excluding hydrogens is 243 g/mol. The van der Waals surface area contributed by atoms with Crippen molar-refractivity contribution < 1.29 is 9.18 Å². The molecule has 0 N–H and O–H groups in total. The molecule has 1 aromatic carbocycles. The van der Waals surface area contributed by atoms with Gasteiger partial charge in [0.2, 0.25) is 0 Å². The molecule has 1 unspecified atom stereocenters. The Labute approximate surface area is 114 Å². The number of carbonyl (C=O) groups is 1. The predicted molar refractivity (Wildman–Crippen MR) is 73.7 cm³/mol. The molecule has 4 heteroatoms. The highest BCUT2D eigenvalue weighted by atomic mass is 19.1. The number of amides is 1. The lowest BCUT2D eigenvalue weighted by Gasteiger charge is -2.36. The number of piperidine rings is 1. The second-order valence-corrected chi connectivity index (χ2v) is 5.49. The van der Waals surface area contributed by atoms with E-state index in [-0.39, 0.29) is 11.5 Å². The minimum Gasteiger partial charge on any atom is -0.337 e. The number of rotatable bonds is 2. The first-order chi connectivity index (χ1) is 8.99. The first-order valence-corrected chi connectivity index (χ1v) is 6.71. The molecule has 1 aromatic rings. The normalized spacial score (nSPS) is 19.8. The van der Waals surface area contributed by atoms with Crippen LogP contribution in [0.3, 0.4) is 0 Å². The van der Waals surface area contributed by atoms with Crippen molar-refractivity contribution in [3.8, 4) is 0 Å². The Bertz CT molecular complexity index is 473. The zero-order chi connectivity index (χ0) is 14.0. The third kappa shape index (κ3) is 3.13. The molecule has 0 radical (unpaired) electrons.